The smallest absolute Gasteiger partial charge is 0.329 e. The summed E-state index contributed by atoms with van der Waals surface area (Å²) < 4.78 is 10.7. The van der Waals surface area contributed by atoms with E-state index in [9.17, 15) is 4.79 Å². The molecule has 0 heterocycles. The van der Waals surface area contributed by atoms with Gasteiger partial charge in [-0.1, -0.05) is 6.58 Å². The second-order valence-corrected chi connectivity index (χ2v) is 10.0. The van der Waals surface area contributed by atoms with Gasteiger partial charge < -0.3 is 8.85 Å². The molecule has 0 aliphatic rings. The number of ether oxygens (including phenoxy) is 1. The third-order valence-electron chi connectivity index (χ3n) is 1.21. The van der Waals surface area contributed by atoms with Gasteiger partial charge in [0.1, 0.15) is 6.23 Å². The van der Waals surface area contributed by atoms with Gasteiger partial charge in [0.25, 0.3) is 0 Å². The molecular formula is C8H17O3Si2. The number of rotatable bonds is 5. The standard InChI is InChI=1S/C8H17O3Si2/c1-6-8(9)10-7-13(4,5)11-12(2)3/h6H,1,7H2,2-5H3. The summed E-state index contributed by atoms with van der Waals surface area (Å²) in [6.07, 6.45) is 1.59. The maximum atomic E-state index is 10.8. The van der Waals surface area contributed by atoms with Crippen molar-refractivity contribution in [2.75, 3.05) is 6.23 Å². The summed E-state index contributed by atoms with van der Waals surface area (Å²) >= 11 is 0. The van der Waals surface area contributed by atoms with Crippen molar-refractivity contribution < 1.29 is 13.6 Å². The van der Waals surface area contributed by atoms with E-state index in [1.165, 1.54) is 6.08 Å². The van der Waals surface area contributed by atoms with E-state index in [0.717, 1.165) is 0 Å². The van der Waals surface area contributed by atoms with Crippen LogP contribution in [0.4, 0.5) is 0 Å². The highest BCUT2D eigenvalue weighted by molar-refractivity contribution is 6.77. The van der Waals surface area contributed by atoms with Gasteiger partial charge in [-0.15, -0.1) is 0 Å². The van der Waals surface area contributed by atoms with E-state index >= 15 is 0 Å². The Balaban J connectivity index is 3.88. The molecule has 0 aromatic carbocycles. The molecule has 0 aliphatic carbocycles. The molecule has 3 nitrogen and oxygen atoms in total. The monoisotopic (exact) mass is 217 g/mol. The van der Waals surface area contributed by atoms with E-state index in [1.807, 2.05) is 13.1 Å². The Labute approximate surface area is 82.6 Å². The van der Waals surface area contributed by atoms with Crippen LogP contribution in [0.15, 0.2) is 12.7 Å². The fourth-order valence-corrected chi connectivity index (χ4v) is 6.03. The molecule has 0 saturated heterocycles. The summed E-state index contributed by atoms with van der Waals surface area (Å²) in [6.45, 7) is 11.6. The quantitative estimate of drug-likeness (QED) is 0.400. The van der Waals surface area contributed by atoms with E-state index in [4.69, 9.17) is 8.85 Å². The predicted octanol–water partition coefficient (Wildman–Crippen LogP) is 1.73. The van der Waals surface area contributed by atoms with Crippen molar-refractivity contribution in [2.24, 2.45) is 0 Å². The van der Waals surface area contributed by atoms with Gasteiger partial charge in [-0.2, -0.15) is 0 Å². The van der Waals surface area contributed by atoms with Crippen molar-refractivity contribution in [3.63, 3.8) is 0 Å². The van der Waals surface area contributed by atoms with Gasteiger partial charge in [-0.3, -0.25) is 0 Å². The second kappa shape index (κ2) is 5.36. The molecule has 0 amide bonds. The van der Waals surface area contributed by atoms with Crippen LogP contribution in [0.3, 0.4) is 0 Å². The molecule has 0 N–H and O–H groups in total. The average Bonchev–Trinajstić information content (AvgIpc) is 1.98. The van der Waals surface area contributed by atoms with Crippen molar-refractivity contribution >= 4 is 23.3 Å². The summed E-state index contributed by atoms with van der Waals surface area (Å²) in [4.78, 5) is 10.8. The largest absolute Gasteiger partial charge is 0.463 e. The third-order valence-corrected chi connectivity index (χ3v) is 5.89. The Morgan fingerprint density at radius 3 is 2.46 bits per heavy atom. The molecule has 0 unspecified atom stereocenters. The highest BCUT2D eigenvalue weighted by atomic mass is 28.4. The first-order valence-corrected chi connectivity index (χ1v) is 9.68. The molecule has 0 aromatic rings. The van der Waals surface area contributed by atoms with E-state index < -0.39 is 17.4 Å². The van der Waals surface area contributed by atoms with Gasteiger partial charge in [0.05, 0.1) is 0 Å². The minimum Gasteiger partial charge on any atom is -0.463 e. The average molecular weight is 217 g/mol. The summed E-state index contributed by atoms with van der Waals surface area (Å²) in [7, 11) is -2.49. The number of esters is 1. The number of carbonyl (C=O) groups is 1. The van der Waals surface area contributed by atoms with E-state index in [-0.39, 0.29) is 5.97 Å². The molecule has 0 rings (SSSR count). The van der Waals surface area contributed by atoms with Crippen LogP contribution in [0, 0.1) is 0 Å². The number of carbonyl (C=O) groups excluding carboxylic acids is 1. The maximum Gasteiger partial charge on any atom is 0.329 e. The lowest BCUT2D eigenvalue weighted by Gasteiger charge is -2.24. The van der Waals surface area contributed by atoms with Gasteiger partial charge in [-0.05, 0) is 26.2 Å². The van der Waals surface area contributed by atoms with Crippen molar-refractivity contribution in [2.45, 2.75) is 26.2 Å². The fourth-order valence-electron chi connectivity index (χ4n) is 0.886. The molecule has 0 aromatic heterocycles. The number of hydrogen-bond acceptors (Lipinski definition) is 3. The molecule has 0 atom stereocenters. The molecule has 5 heteroatoms. The van der Waals surface area contributed by atoms with Crippen LogP contribution >= 0.6 is 0 Å². The summed E-state index contributed by atoms with van der Waals surface area (Å²) in [6, 6.07) is 0. The van der Waals surface area contributed by atoms with Crippen LogP contribution < -0.4 is 0 Å². The van der Waals surface area contributed by atoms with Crippen LogP contribution in [0.5, 0.6) is 0 Å². The first-order chi connectivity index (χ1) is 5.87. The van der Waals surface area contributed by atoms with Crippen LogP contribution in [0.25, 0.3) is 0 Å². The van der Waals surface area contributed by atoms with E-state index in [1.54, 1.807) is 0 Å². The SMILES string of the molecule is C=CC(=O)OC[Si](C)(C)O[Si](C)C. The van der Waals surface area contributed by atoms with E-state index in [0.29, 0.717) is 6.23 Å². The zero-order valence-corrected chi connectivity index (χ0v) is 10.7. The zero-order valence-electron chi connectivity index (χ0n) is 8.72. The lowest BCUT2D eigenvalue weighted by molar-refractivity contribution is -0.136. The van der Waals surface area contributed by atoms with Gasteiger partial charge >= 0.3 is 5.97 Å². The molecule has 75 valence electrons. The van der Waals surface area contributed by atoms with Gasteiger partial charge in [0.15, 0.2) is 9.04 Å². The predicted molar refractivity (Wildman–Crippen MR) is 57.2 cm³/mol. The fraction of sp³-hybridized carbons (Fsp3) is 0.625. The van der Waals surface area contributed by atoms with Crippen LogP contribution in [0.1, 0.15) is 0 Å². The Morgan fingerprint density at radius 2 is 2.08 bits per heavy atom. The summed E-state index contributed by atoms with van der Waals surface area (Å²) in [5.41, 5.74) is 0. The molecule has 0 spiro atoms. The molecule has 13 heavy (non-hydrogen) atoms. The van der Waals surface area contributed by atoms with Gasteiger partial charge in [0.2, 0.25) is 8.32 Å². The summed E-state index contributed by atoms with van der Waals surface area (Å²) in [5.74, 6) is -0.370. The highest BCUT2D eigenvalue weighted by Gasteiger charge is 2.25. The normalized spacial score (nSPS) is 11.5. The minimum absolute atomic E-state index is 0.370. The first kappa shape index (κ1) is 12.6. The molecule has 1 radical (unpaired) electrons. The van der Waals surface area contributed by atoms with Crippen LogP contribution in [-0.4, -0.2) is 29.6 Å². The topological polar surface area (TPSA) is 35.5 Å². The van der Waals surface area contributed by atoms with Crippen LogP contribution in [-0.2, 0) is 13.6 Å². The molecule has 0 saturated carbocycles. The summed E-state index contributed by atoms with van der Waals surface area (Å²) in [5, 5.41) is 0. The minimum atomic E-state index is -1.79. The molecule has 0 bridgehead atoms. The maximum absolute atomic E-state index is 10.8. The Kier molecular flexibility index (Phi) is 5.20. The molecular weight excluding hydrogens is 200 g/mol. The first-order valence-electron chi connectivity index (χ1n) is 4.16. The number of hydrogen-bond donors (Lipinski definition) is 0. The highest BCUT2D eigenvalue weighted by Crippen LogP contribution is 2.06. The molecule has 0 fully saturated rings. The third kappa shape index (κ3) is 6.74. The van der Waals surface area contributed by atoms with Gasteiger partial charge in [0, 0.05) is 6.08 Å². The molecule has 0 aliphatic heterocycles. The van der Waals surface area contributed by atoms with Crippen LogP contribution in [0.2, 0.25) is 26.2 Å². The second-order valence-electron chi connectivity index (χ2n) is 3.58. The van der Waals surface area contributed by atoms with Crippen molar-refractivity contribution in [3.8, 4) is 0 Å². The van der Waals surface area contributed by atoms with Gasteiger partial charge in [-0.25, -0.2) is 4.79 Å². The van der Waals surface area contributed by atoms with E-state index in [2.05, 4.69) is 19.7 Å². The lowest BCUT2D eigenvalue weighted by Crippen LogP contribution is -2.41. The Hall–Kier alpha value is -0.396. The zero-order chi connectivity index (χ0) is 10.5. The Morgan fingerprint density at radius 1 is 1.54 bits per heavy atom. The van der Waals surface area contributed by atoms with Crippen molar-refractivity contribution in [1.82, 2.24) is 0 Å². The van der Waals surface area contributed by atoms with Crippen molar-refractivity contribution in [3.05, 3.63) is 12.7 Å². The Bertz CT molecular complexity index is 190. The van der Waals surface area contributed by atoms with Crippen molar-refractivity contribution in [1.29, 1.82) is 0 Å². The lowest BCUT2D eigenvalue weighted by atomic mass is 10.7.